The topological polar surface area (TPSA) is 123 Å². The molecule has 2 fully saturated rings. The quantitative estimate of drug-likeness (QED) is 0.139. The van der Waals surface area contributed by atoms with E-state index in [2.05, 4.69) is 25.3 Å². The molecule has 14 heteroatoms. The van der Waals surface area contributed by atoms with Gasteiger partial charge in [-0.05, 0) is 6.92 Å². The van der Waals surface area contributed by atoms with Gasteiger partial charge in [-0.3, -0.25) is 0 Å². The SMILES string of the molecule is CC(=O)c1cn(CC(=O)N2[C@H](C(=O)Nc3nc(C(F)(F)F)cnc3C)C[C@@]3(C)[I-][C@@H]23)c2c(C)cc(-c3cnc(C)nc3)cc12. The van der Waals surface area contributed by atoms with E-state index in [1.54, 1.807) is 35.0 Å². The average Bonchev–Trinajstić information content (AvgIpc) is 3.30. The van der Waals surface area contributed by atoms with Crippen molar-refractivity contribution in [2.45, 2.75) is 67.3 Å². The van der Waals surface area contributed by atoms with Crippen LogP contribution in [-0.4, -0.2) is 60.5 Å². The molecule has 1 N–H and O–H groups in total. The first-order valence-corrected chi connectivity index (χ1v) is 16.1. The summed E-state index contributed by atoms with van der Waals surface area (Å²) in [4.78, 5) is 57.5. The second-order valence-electron chi connectivity index (χ2n) is 11.4. The second-order valence-corrected chi connectivity index (χ2v) is 15.6. The zero-order valence-electron chi connectivity index (χ0n) is 24.5. The van der Waals surface area contributed by atoms with Gasteiger partial charge in [0.25, 0.3) is 0 Å². The molecule has 0 aliphatic carbocycles. The van der Waals surface area contributed by atoms with Gasteiger partial charge in [0.15, 0.2) is 0 Å². The minimum atomic E-state index is -4.72. The Morgan fingerprint density at radius 3 is 2.43 bits per heavy atom. The number of benzene rings is 1. The first-order valence-electron chi connectivity index (χ1n) is 13.8. The number of aromatic nitrogens is 5. The third-order valence-electron chi connectivity index (χ3n) is 8.01. The van der Waals surface area contributed by atoms with Crippen molar-refractivity contribution in [3.05, 3.63) is 65.3 Å². The van der Waals surface area contributed by atoms with Crippen LogP contribution in [0.3, 0.4) is 0 Å². The number of carbonyl (C=O) groups excluding carboxylic acids is 3. The molecule has 0 unspecified atom stereocenters. The Hall–Kier alpha value is -3.95. The van der Waals surface area contributed by atoms with Crippen LogP contribution >= 0.6 is 0 Å². The molecule has 2 aliphatic rings. The molecule has 4 aromatic rings. The van der Waals surface area contributed by atoms with Gasteiger partial charge in [0.05, 0.1) is 0 Å². The molecule has 10 nitrogen and oxygen atoms in total. The van der Waals surface area contributed by atoms with Gasteiger partial charge in [0.2, 0.25) is 0 Å². The predicted octanol–water partition coefficient (Wildman–Crippen LogP) is 1.46. The number of carbonyl (C=O) groups is 3. The number of amides is 2. The van der Waals surface area contributed by atoms with E-state index in [9.17, 15) is 27.6 Å². The summed E-state index contributed by atoms with van der Waals surface area (Å²) in [6, 6.07) is 2.97. The number of likely N-dealkylation sites (tertiary alicyclic amines) is 1. The Balaban J connectivity index is 1.30. The summed E-state index contributed by atoms with van der Waals surface area (Å²) in [5, 5.41) is 3.19. The Kier molecular flexibility index (Phi) is 7.25. The first kappa shape index (κ1) is 30.1. The fraction of sp³-hybridized carbons (Fsp3) is 0.367. The summed E-state index contributed by atoms with van der Waals surface area (Å²) in [5.74, 6) is -0.706. The number of anilines is 1. The Bertz CT molecular complexity index is 1860. The van der Waals surface area contributed by atoms with Gasteiger partial charge >= 0.3 is 249 Å². The summed E-state index contributed by atoms with van der Waals surface area (Å²) in [6.07, 6.45) is 1.42. The van der Waals surface area contributed by atoms with E-state index < -0.39 is 23.8 Å². The third kappa shape index (κ3) is 5.32. The number of hydrogen-bond acceptors (Lipinski definition) is 7. The number of ketones is 1. The minimum absolute atomic E-state index is 0.0680. The molecule has 1 aromatic carbocycles. The van der Waals surface area contributed by atoms with Crippen LogP contribution in [0.4, 0.5) is 19.0 Å². The van der Waals surface area contributed by atoms with Crippen LogP contribution in [0.2, 0.25) is 0 Å². The molecular formula is C30H28F3IN7O3-. The monoisotopic (exact) mass is 718 g/mol. The number of rotatable bonds is 6. The molecule has 2 saturated heterocycles. The van der Waals surface area contributed by atoms with Gasteiger partial charge in [-0.2, -0.15) is 0 Å². The summed E-state index contributed by atoms with van der Waals surface area (Å²) in [6.45, 7) is 8.54. The molecule has 2 aliphatic heterocycles. The molecular weight excluding hydrogens is 690 g/mol. The number of alkyl halides is 5. The van der Waals surface area contributed by atoms with Gasteiger partial charge in [0, 0.05) is 0 Å². The zero-order valence-corrected chi connectivity index (χ0v) is 26.6. The van der Waals surface area contributed by atoms with Crippen LogP contribution in [0, 0.1) is 20.8 Å². The van der Waals surface area contributed by atoms with E-state index in [0.29, 0.717) is 29.4 Å². The van der Waals surface area contributed by atoms with Crippen molar-refractivity contribution in [1.29, 1.82) is 0 Å². The number of nitrogens with one attached hydrogen (secondary N) is 1. The molecule has 0 spiro atoms. The second kappa shape index (κ2) is 10.6. The molecule has 0 radical (unpaired) electrons. The van der Waals surface area contributed by atoms with Crippen LogP contribution < -0.4 is 26.5 Å². The van der Waals surface area contributed by atoms with Crippen LogP contribution in [0.5, 0.6) is 0 Å². The molecule has 0 bridgehead atoms. The van der Waals surface area contributed by atoms with Crippen molar-refractivity contribution in [3.8, 4) is 11.1 Å². The van der Waals surface area contributed by atoms with Crippen LogP contribution in [0.1, 0.15) is 53.4 Å². The van der Waals surface area contributed by atoms with Gasteiger partial charge in [-0.15, -0.1) is 0 Å². The number of hydrogen-bond donors (Lipinski definition) is 1. The average molecular weight is 718 g/mol. The molecule has 0 saturated carbocycles. The summed E-state index contributed by atoms with van der Waals surface area (Å²) >= 11 is -0.383. The fourth-order valence-corrected chi connectivity index (χ4v) is 9.14. The number of aryl methyl sites for hydroxylation is 3. The van der Waals surface area contributed by atoms with Crippen molar-refractivity contribution in [2.24, 2.45) is 0 Å². The molecule has 5 heterocycles. The number of halogens is 4. The van der Waals surface area contributed by atoms with Gasteiger partial charge in [0.1, 0.15) is 5.82 Å². The number of fused-ring (bicyclic) bond motifs is 2. The van der Waals surface area contributed by atoms with Crippen LogP contribution in [0.15, 0.2) is 36.9 Å². The Morgan fingerprint density at radius 1 is 1.07 bits per heavy atom. The number of nitrogens with zero attached hydrogens (tertiary/aromatic N) is 6. The van der Waals surface area contributed by atoms with Gasteiger partial charge < -0.3 is 0 Å². The van der Waals surface area contributed by atoms with E-state index >= 15 is 0 Å². The van der Waals surface area contributed by atoms with Crippen molar-refractivity contribution < 1.29 is 48.8 Å². The van der Waals surface area contributed by atoms with Crippen molar-refractivity contribution >= 4 is 34.3 Å². The van der Waals surface area contributed by atoms with E-state index in [0.717, 1.165) is 22.2 Å². The molecule has 3 aromatic heterocycles. The Morgan fingerprint density at radius 2 is 1.77 bits per heavy atom. The predicted molar refractivity (Wildman–Crippen MR) is 150 cm³/mol. The molecule has 2 amide bonds. The summed E-state index contributed by atoms with van der Waals surface area (Å²) < 4.78 is 41.2. The molecule has 6 rings (SSSR count). The Labute approximate surface area is 260 Å². The first-order chi connectivity index (χ1) is 20.7. The molecule has 230 valence electrons. The van der Waals surface area contributed by atoms with Crippen molar-refractivity contribution in [3.63, 3.8) is 0 Å². The van der Waals surface area contributed by atoms with E-state index in [4.69, 9.17) is 0 Å². The van der Waals surface area contributed by atoms with E-state index in [1.165, 1.54) is 13.8 Å². The standard InChI is InChI=1S/C30H28F3IN7O3/c1-14-6-18(19-9-36-17(4)37-10-19)7-20-21(16(3)42)12-40(25(14)20)13-24(43)41-22(8-29(5)28(41)34-29)27(44)39-26-15(2)35-11-23(38-26)30(31,32)33/h6-7,9-12,22,28H,8,13H2,1-5H3,(H,38,39,44)/q-1/t22-,28-,29+/m0/s1. The fourth-order valence-electron chi connectivity index (χ4n) is 5.74. The summed E-state index contributed by atoms with van der Waals surface area (Å²) in [7, 11) is 0. The van der Waals surface area contributed by atoms with Crippen LogP contribution in [0.25, 0.3) is 22.0 Å². The zero-order chi connectivity index (χ0) is 31.7. The van der Waals surface area contributed by atoms with Gasteiger partial charge in [-0.25, -0.2) is 0 Å². The molecule has 44 heavy (non-hydrogen) atoms. The third-order valence-corrected chi connectivity index (χ3v) is 12.4. The number of Topliss-reactive ketones (excluding diaryl/α,β-unsaturated/α-hetero) is 1. The van der Waals surface area contributed by atoms with Crippen molar-refractivity contribution in [2.75, 3.05) is 5.32 Å². The maximum atomic E-state index is 13.9. The van der Waals surface area contributed by atoms with Crippen LogP contribution in [-0.2, 0) is 22.3 Å². The maximum absolute atomic E-state index is 13.9. The van der Waals surface area contributed by atoms with E-state index in [-0.39, 0.29) is 58.4 Å². The molecule has 3 atom stereocenters. The summed E-state index contributed by atoms with van der Waals surface area (Å²) in [5.41, 5.74) is 2.58. The van der Waals surface area contributed by atoms with E-state index in [1.807, 2.05) is 26.0 Å². The van der Waals surface area contributed by atoms with Gasteiger partial charge in [-0.1, -0.05) is 0 Å². The normalized spacial score (nSPS) is 21.1. The van der Waals surface area contributed by atoms with Crippen molar-refractivity contribution in [1.82, 2.24) is 29.4 Å².